The molecule has 0 bridgehead atoms. The van der Waals surface area contributed by atoms with Crippen LogP contribution in [0.5, 0.6) is 0 Å². The number of oxime groups is 1. The quantitative estimate of drug-likeness (QED) is 0.563. The van der Waals surface area contributed by atoms with Gasteiger partial charge in [-0.1, -0.05) is 47.6 Å². The van der Waals surface area contributed by atoms with Gasteiger partial charge in [0.1, 0.15) is 17.5 Å². The fraction of sp³-hybridized carbons (Fsp3) is 0.167. The van der Waals surface area contributed by atoms with Crippen molar-refractivity contribution in [2.24, 2.45) is 5.16 Å². The summed E-state index contributed by atoms with van der Waals surface area (Å²) in [5.41, 5.74) is 1.33. The zero-order valence-electron chi connectivity index (χ0n) is 16.5. The molecule has 7 heteroatoms. The number of hydrogen-bond acceptors (Lipinski definition) is 3. The van der Waals surface area contributed by atoms with Gasteiger partial charge >= 0.3 is 0 Å². The van der Waals surface area contributed by atoms with Crippen molar-refractivity contribution < 1.29 is 22.8 Å². The zero-order valence-corrected chi connectivity index (χ0v) is 16.5. The number of carbonyl (C=O) groups excluding carboxylic acids is 1. The fourth-order valence-electron chi connectivity index (χ4n) is 3.47. The lowest BCUT2D eigenvalue weighted by Gasteiger charge is -2.25. The van der Waals surface area contributed by atoms with Crippen LogP contribution in [0.2, 0.25) is 0 Å². The monoisotopic (exact) mass is 424 g/mol. The molecule has 0 aromatic heterocycles. The molecular weight excluding hydrogens is 405 g/mol. The molecule has 3 aromatic rings. The highest BCUT2D eigenvalue weighted by atomic mass is 19.1. The molecule has 0 aliphatic carbocycles. The van der Waals surface area contributed by atoms with Crippen molar-refractivity contribution in [2.45, 2.75) is 19.1 Å². The Labute approximate surface area is 177 Å². The van der Waals surface area contributed by atoms with E-state index in [0.717, 1.165) is 0 Å². The van der Waals surface area contributed by atoms with Gasteiger partial charge in [0.05, 0.1) is 17.8 Å². The van der Waals surface area contributed by atoms with Crippen LogP contribution in [0.4, 0.5) is 13.2 Å². The lowest BCUT2D eigenvalue weighted by molar-refractivity contribution is 0.0400. The Morgan fingerprint density at radius 1 is 0.968 bits per heavy atom. The lowest BCUT2D eigenvalue weighted by Crippen LogP contribution is -2.38. The first-order valence-electron chi connectivity index (χ1n) is 9.77. The topological polar surface area (TPSA) is 41.9 Å². The average Bonchev–Trinajstić information content (AvgIpc) is 3.23. The molecule has 0 N–H and O–H groups in total. The van der Waals surface area contributed by atoms with Gasteiger partial charge in [-0.15, -0.1) is 0 Å². The second-order valence-corrected chi connectivity index (χ2v) is 7.24. The first-order valence-corrected chi connectivity index (χ1v) is 9.77. The number of benzene rings is 3. The predicted molar refractivity (Wildman–Crippen MR) is 110 cm³/mol. The molecular formula is C24H19F3N2O2. The summed E-state index contributed by atoms with van der Waals surface area (Å²) in [6.07, 6.45) is -0.192. The maximum atomic E-state index is 14.2. The van der Waals surface area contributed by atoms with Crippen molar-refractivity contribution in [1.29, 1.82) is 0 Å². The summed E-state index contributed by atoms with van der Waals surface area (Å²) >= 11 is 0. The van der Waals surface area contributed by atoms with Crippen molar-refractivity contribution in [3.05, 3.63) is 107 Å². The van der Waals surface area contributed by atoms with E-state index in [1.807, 2.05) is 0 Å². The van der Waals surface area contributed by atoms with Crippen LogP contribution >= 0.6 is 0 Å². The SMILES string of the molecule is O=C(c1ccccc1F)N(Cc1ccccc1F)CC1CC(c2cccc(F)c2)=NO1. The van der Waals surface area contributed by atoms with E-state index >= 15 is 0 Å². The van der Waals surface area contributed by atoms with Crippen molar-refractivity contribution >= 4 is 11.6 Å². The molecule has 1 aliphatic heterocycles. The third kappa shape index (κ3) is 4.77. The maximum Gasteiger partial charge on any atom is 0.257 e. The molecule has 0 radical (unpaired) electrons. The van der Waals surface area contributed by atoms with Gasteiger partial charge in [0.25, 0.3) is 5.91 Å². The first-order chi connectivity index (χ1) is 15.0. The van der Waals surface area contributed by atoms with E-state index in [0.29, 0.717) is 23.3 Å². The predicted octanol–water partition coefficient (Wildman–Crippen LogP) is 4.94. The molecule has 31 heavy (non-hydrogen) atoms. The van der Waals surface area contributed by atoms with Crippen LogP contribution in [0.15, 0.2) is 78.0 Å². The summed E-state index contributed by atoms with van der Waals surface area (Å²) < 4.78 is 42.0. The minimum Gasteiger partial charge on any atom is -0.390 e. The summed E-state index contributed by atoms with van der Waals surface area (Å²) in [6, 6.07) is 17.7. The largest absolute Gasteiger partial charge is 0.390 e. The molecule has 1 amide bonds. The van der Waals surface area contributed by atoms with E-state index in [2.05, 4.69) is 5.16 Å². The number of nitrogens with zero attached hydrogens (tertiary/aromatic N) is 2. The normalized spacial score (nSPS) is 15.3. The van der Waals surface area contributed by atoms with Crippen molar-refractivity contribution in [3.8, 4) is 0 Å². The second-order valence-electron chi connectivity index (χ2n) is 7.24. The lowest BCUT2D eigenvalue weighted by atomic mass is 10.0. The van der Waals surface area contributed by atoms with Gasteiger partial charge in [-0.25, -0.2) is 13.2 Å². The van der Waals surface area contributed by atoms with Crippen LogP contribution in [-0.2, 0) is 11.4 Å². The Balaban J connectivity index is 1.54. The van der Waals surface area contributed by atoms with Gasteiger partial charge in [-0.05, 0) is 30.3 Å². The van der Waals surface area contributed by atoms with E-state index in [1.165, 1.54) is 41.3 Å². The fourth-order valence-corrected chi connectivity index (χ4v) is 3.47. The minimum absolute atomic E-state index is 0.0593. The van der Waals surface area contributed by atoms with E-state index < -0.39 is 23.6 Å². The Hall–Kier alpha value is -3.61. The average molecular weight is 424 g/mol. The summed E-state index contributed by atoms with van der Waals surface area (Å²) in [4.78, 5) is 19.9. The summed E-state index contributed by atoms with van der Waals surface area (Å²) in [5, 5.41) is 4.02. The van der Waals surface area contributed by atoms with Gasteiger partial charge in [-0.3, -0.25) is 4.79 Å². The molecule has 1 unspecified atom stereocenters. The number of rotatable bonds is 6. The van der Waals surface area contributed by atoms with E-state index in [-0.39, 0.29) is 24.5 Å². The molecule has 0 spiro atoms. The Kier molecular flexibility index (Phi) is 6.02. The van der Waals surface area contributed by atoms with Gasteiger partial charge in [0.15, 0.2) is 6.10 Å². The second kappa shape index (κ2) is 9.04. The highest BCUT2D eigenvalue weighted by Crippen LogP contribution is 2.21. The van der Waals surface area contributed by atoms with Crippen molar-refractivity contribution in [1.82, 2.24) is 4.90 Å². The van der Waals surface area contributed by atoms with E-state index in [4.69, 9.17) is 4.84 Å². The van der Waals surface area contributed by atoms with E-state index in [1.54, 1.807) is 36.4 Å². The number of amides is 1. The summed E-state index contributed by atoms with van der Waals surface area (Å²) in [5.74, 6) is -2.09. The van der Waals surface area contributed by atoms with Crippen LogP contribution < -0.4 is 0 Å². The summed E-state index contributed by atoms with van der Waals surface area (Å²) in [6.45, 7) is -0.00117. The molecule has 0 saturated carbocycles. The molecule has 158 valence electrons. The van der Waals surface area contributed by atoms with Crippen LogP contribution in [0, 0.1) is 17.5 Å². The van der Waals surface area contributed by atoms with Crippen LogP contribution in [0.3, 0.4) is 0 Å². The molecule has 4 nitrogen and oxygen atoms in total. The zero-order chi connectivity index (χ0) is 21.8. The minimum atomic E-state index is -0.657. The third-order valence-electron chi connectivity index (χ3n) is 5.03. The molecule has 1 aliphatic rings. The Morgan fingerprint density at radius 2 is 1.71 bits per heavy atom. The number of halogens is 3. The van der Waals surface area contributed by atoms with Gasteiger partial charge < -0.3 is 9.74 Å². The van der Waals surface area contributed by atoms with E-state index in [9.17, 15) is 18.0 Å². The summed E-state index contributed by atoms with van der Waals surface area (Å²) in [7, 11) is 0. The Morgan fingerprint density at radius 3 is 2.45 bits per heavy atom. The van der Waals surface area contributed by atoms with Gasteiger partial charge in [0, 0.05) is 24.1 Å². The number of hydrogen-bond donors (Lipinski definition) is 0. The highest BCUT2D eigenvalue weighted by molar-refractivity contribution is 6.01. The van der Waals surface area contributed by atoms with Crippen molar-refractivity contribution in [2.75, 3.05) is 6.54 Å². The van der Waals surface area contributed by atoms with Gasteiger partial charge in [-0.2, -0.15) is 0 Å². The van der Waals surface area contributed by atoms with Crippen LogP contribution in [-0.4, -0.2) is 29.2 Å². The molecule has 4 rings (SSSR count). The molecule has 3 aromatic carbocycles. The first kappa shape index (κ1) is 20.7. The molecule has 0 saturated heterocycles. The van der Waals surface area contributed by atoms with Crippen LogP contribution in [0.1, 0.15) is 27.9 Å². The highest BCUT2D eigenvalue weighted by Gasteiger charge is 2.29. The van der Waals surface area contributed by atoms with Crippen molar-refractivity contribution in [3.63, 3.8) is 0 Å². The molecule has 1 heterocycles. The van der Waals surface area contributed by atoms with Gasteiger partial charge in [0.2, 0.25) is 0 Å². The molecule has 0 fully saturated rings. The smallest absolute Gasteiger partial charge is 0.257 e. The van der Waals surface area contributed by atoms with Crippen LogP contribution in [0.25, 0.3) is 0 Å². The molecule has 1 atom stereocenters. The third-order valence-corrected chi connectivity index (χ3v) is 5.03. The standard InChI is InChI=1S/C24H19F3N2O2/c25-18-8-5-7-16(12-18)23-13-19(31-28-23)15-29(14-17-6-1-3-10-21(17)26)24(30)20-9-2-4-11-22(20)27/h1-12,19H,13-15H2. The number of carbonyl (C=O) groups is 1. The Bertz CT molecular complexity index is 1130. The maximum absolute atomic E-state index is 14.2.